The fourth-order valence-corrected chi connectivity index (χ4v) is 2.25. The molecule has 2 rings (SSSR count). The normalized spacial score (nSPS) is 11.1. The number of rotatable bonds is 5. The topological polar surface area (TPSA) is 0 Å². The summed E-state index contributed by atoms with van der Waals surface area (Å²) in [6.45, 7) is 2.18. The Morgan fingerprint density at radius 1 is 0.944 bits per heavy atom. The lowest BCUT2D eigenvalue weighted by atomic mass is 10.0. The number of hydrogen-bond acceptors (Lipinski definition) is 0. The Labute approximate surface area is 107 Å². The summed E-state index contributed by atoms with van der Waals surface area (Å²) in [5, 5.41) is 1.15. The van der Waals surface area contributed by atoms with Crippen molar-refractivity contribution in [3.63, 3.8) is 0 Å². The van der Waals surface area contributed by atoms with E-state index in [4.69, 9.17) is 0 Å². The third kappa shape index (κ3) is 3.06. The first kappa shape index (κ1) is 13.0. The van der Waals surface area contributed by atoms with Crippen LogP contribution in [0.1, 0.15) is 38.2 Å². The zero-order valence-corrected chi connectivity index (χ0v) is 10.7. The number of fused-ring (bicyclic) bond motifs is 1. The van der Waals surface area contributed by atoms with Crippen molar-refractivity contribution in [3.8, 4) is 0 Å². The molecule has 2 aromatic carbocycles. The van der Waals surface area contributed by atoms with Crippen LogP contribution in [0.5, 0.6) is 0 Å². The van der Waals surface area contributed by atoms with Gasteiger partial charge in [-0.05, 0) is 29.9 Å². The van der Waals surface area contributed by atoms with Gasteiger partial charge in [0, 0.05) is 11.5 Å². The Morgan fingerprint density at radius 2 is 1.78 bits per heavy atom. The standard InChI is InChI=1S/C16H18F2/c1-2-3-4-5-6-12-7-8-15-13(9-12)10-14(17)11-16(15)18/h7-11H,2-6H2,1H3. The SMILES string of the molecule is CCCCCCc1ccc2c(F)cc(F)cc2c1. The van der Waals surface area contributed by atoms with E-state index in [1.807, 2.05) is 12.1 Å². The molecule has 0 saturated carbocycles. The van der Waals surface area contributed by atoms with Crippen LogP contribution < -0.4 is 0 Å². The molecule has 0 aromatic heterocycles. The average Bonchev–Trinajstić information content (AvgIpc) is 2.34. The molecule has 0 N–H and O–H groups in total. The van der Waals surface area contributed by atoms with Gasteiger partial charge in [-0.1, -0.05) is 44.4 Å². The fraction of sp³-hybridized carbons (Fsp3) is 0.375. The fourth-order valence-electron chi connectivity index (χ4n) is 2.25. The second-order valence-corrected chi connectivity index (χ2v) is 4.75. The van der Waals surface area contributed by atoms with Gasteiger partial charge in [0.25, 0.3) is 0 Å². The molecule has 2 heteroatoms. The van der Waals surface area contributed by atoms with Gasteiger partial charge >= 0.3 is 0 Å². The van der Waals surface area contributed by atoms with Crippen LogP contribution in [0.4, 0.5) is 8.78 Å². The summed E-state index contributed by atoms with van der Waals surface area (Å²) < 4.78 is 26.6. The molecule has 0 aliphatic rings. The Kier molecular flexibility index (Phi) is 4.29. The van der Waals surface area contributed by atoms with Crippen molar-refractivity contribution in [1.29, 1.82) is 0 Å². The van der Waals surface area contributed by atoms with E-state index in [1.54, 1.807) is 6.07 Å². The van der Waals surface area contributed by atoms with Crippen molar-refractivity contribution >= 4 is 10.8 Å². The number of aryl methyl sites for hydroxylation is 1. The quantitative estimate of drug-likeness (QED) is 0.635. The summed E-state index contributed by atoms with van der Waals surface area (Å²) in [5.74, 6) is -0.995. The predicted octanol–water partition coefficient (Wildman–Crippen LogP) is 5.24. The first-order valence-electron chi connectivity index (χ1n) is 6.58. The summed E-state index contributed by atoms with van der Waals surface area (Å²) in [7, 11) is 0. The molecule has 0 aliphatic carbocycles. The van der Waals surface area contributed by atoms with Gasteiger partial charge in [-0.25, -0.2) is 8.78 Å². The maximum atomic E-state index is 13.5. The molecule has 0 fully saturated rings. The highest BCUT2D eigenvalue weighted by Gasteiger charge is 2.04. The van der Waals surface area contributed by atoms with E-state index in [0.29, 0.717) is 10.8 Å². The van der Waals surface area contributed by atoms with E-state index in [9.17, 15) is 8.78 Å². The number of unbranched alkanes of at least 4 members (excludes halogenated alkanes) is 3. The summed E-state index contributed by atoms with van der Waals surface area (Å²) in [4.78, 5) is 0. The third-order valence-electron chi connectivity index (χ3n) is 3.25. The summed E-state index contributed by atoms with van der Waals surface area (Å²) in [5.41, 5.74) is 1.16. The smallest absolute Gasteiger partial charge is 0.133 e. The van der Waals surface area contributed by atoms with E-state index < -0.39 is 11.6 Å². The molecule has 0 radical (unpaired) electrons. The molecule has 0 atom stereocenters. The molecule has 2 aromatic rings. The van der Waals surface area contributed by atoms with Gasteiger partial charge in [-0.3, -0.25) is 0 Å². The van der Waals surface area contributed by atoms with Crippen molar-refractivity contribution in [3.05, 3.63) is 47.5 Å². The van der Waals surface area contributed by atoms with Crippen LogP contribution in [-0.4, -0.2) is 0 Å². The van der Waals surface area contributed by atoms with Crippen molar-refractivity contribution in [1.82, 2.24) is 0 Å². The maximum Gasteiger partial charge on any atom is 0.133 e. The van der Waals surface area contributed by atoms with E-state index in [0.717, 1.165) is 24.5 Å². The lowest BCUT2D eigenvalue weighted by Gasteiger charge is -2.05. The summed E-state index contributed by atoms with van der Waals surface area (Å²) >= 11 is 0. The lowest BCUT2D eigenvalue weighted by molar-refractivity contribution is 0.592. The third-order valence-corrected chi connectivity index (χ3v) is 3.25. The first-order valence-corrected chi connectivity index (χ1v) is 6.58. The number of hydrogen-bond donors (Lipinski definition) is 0. The molecule has 0 bridgehead atoms. The predicted molar refractivity (Wildman–Crippen MR) is 71.7 cm³/mol. The number of benzene rings is 2. The Morgan fingerprint density at radius 3 is 2.56 bits per heavy atom. The summed E-state index contributed by atoms with van der Waals surface area (Å²) in [6.07, 6.45) is 5.79. The Bertz CT molecular complexity index is 532. The minimum Gasteiger partial charge on any atom is -0.207 e. The second kappa shape index (κ2) is 5.94. The zero-order valence-electron chi connectivity index (χ0n) is 10.7. The van der Waals surface area contributed by atoms with Crippen molar-refractivity contribution in [2.75, 3.05) is 0 Å². The molecule has 0 nitrogen and oxygen atoms in total. The van der Waals surface area contributed by atoms with Gasteiger partial charge in [0.2, 0.25) is 0 Å². The Balaban J connectivity index is 2.16. The van der Waals surface area contributed by atoms with Crippen LogP contribution in [0.15, 0.2) is 30.3 Å². The van der Waals surface area contributed by atoms with Crippen LogP contribution in [0.2, 0.25) is 0 Å². The molecular formula is C16H18F2. The maximum absolute atomic E-state index is 13.5. The van der Waals surface area contributed by atoms with Crippen molar-refractivity contribution in [2.24, 2.45) is 0 Å². The highest BCUT2D eigenvalue weighted by molar-refractivity contribution is 5.83. The molecular weight excluding hydrogens is 230 g/mol. The van der Waals surface area contributed by atoms with E-state index >= 15 is 0 Å². The Hall–Kier alpha value is -1.44. The van der Waals surface area contributed by atoms with Gasteiger partial charge in [-0.15, -0.1) is 0 Å². The van der Waals surface area contributed by atoms with Gasteiger partial charge in [0.15, 0.2) is 0 Å². The van der Waals surface area contributed by atoms with Gasteiger partial charge in [0.05, 0.1) is 0 Å². The van der Waals surface area contributed by atoms with Crippen molar-refractivity contribution < 1.29 is 8.78 Å². The van der Waals surface area contributed by atoms with Crippen LogP contribution in [0.3, 0.4) is 0 Å². The van der Waals surface area contributed by atoms with E-state index in [1.165, 1.54) is 25.3 Å². The van der Waals surface area contributed by atoms with Crippen LogP contribution >= 0.6 is 0 Å². The van der Waals surface area contributed by atoms with Gasteiger partial charge < -0.3 is 0 Å². The van der Waals surface area contributed by atoms with Gasteiger partial charge in [0.1, 0.15) is 11.6 Å². The lowest BCUT2D eigenvalue weighted by Crippen LogP contribution is -1.89. The number of halogens is 2. The van der Waals surface area contributed by atoms with Crippen LogP contribution in [0, 0.1) is 11.6 Å². The monoisotopic (exact) mass is 248 g/mol. The highest BCUT2D eigenvalue weighted by Crippen LogP contribution is 2.22. The van der Waals surface area contributed by atoms with E-state index in [2.05, 4.69) is 6.92 Å². The largest absolute Gasteiger partial charge is 0.207 e. The minimum absolute atomic E-state index is 0.484. The molecule has 0 saturated heterocycles. The van der Waals surface area contributed by atoms with Crippen LogP contribution in [-0.2, 0) is 6.42 Å². The molecule has 18 heavy (non-hydrogen) atoms. The van der Waals surface area contributed by atoms with E-state index in [-0.39, 0.29) is 0 Å². The van der Waals surface area contributed by atoms with Crippen LogP contribution in [0.25, 0.3) is 10.8 Å². The second-order valence-electron chi connectivity index (χ2n) is 4.75. The molecule has 0 amide bonds. The molecule has 96 valence electrons. The average molecular weight is 248 g/mol. The summed E-state index contributed by atoms with van der Waals surface area (Å²) in [6, 6.07) is 7.92. The molecule has 0 unspecified atom stereocenters. The first-order chi connectivity index (χ1) is 8.70. The minimum atomic E-state index is -0.511. The zero-order chi connectivity index (χ0) is 13.0. The molecule has 0 aliphatic heterocycles. The molecule has 0 spiro atoms. The van der Waals surface area contributed by atoms with Crippen molar-refractivity contribution in [2.45, 2.75) is 39.0 Å². The van der Waals surface area contributed by atoms with Gasteiger partial charge in [-0.2, -0.15) is 0 Å². The highest BCUT2D eigenvalue weighted by atomic mass is 19.1. The molecule has 0 heterocycles.